The number of methoxy groups -OCH3 is 2. The number of carbonyl (C=O) groups is 3. The van der Waals surface area contributed by atoms with Crippen molar-refractivity contribution in [2.24, 2.45) is 5.92 Å². The van der Waals surface area contributed by atoms with E-state index in [2.05, 4.69) is 14.8 Å². The number of carbonyl (C=O) groups excluding carboxylic acids is 3. The predicted molar refractivity (Wildman–Crippen MR) is 75.4 cm³/mol. The summed E-state index contributed by atoms with van der Waals surface area (Å²) in [5.41, 5.74) is -0.551. The number of nitrogens with one attached hydrogen (secondary N) is 1. The van der Waals surface area contributed by atoms with Gasteiger partial charge in [-0.3, -0.25) is 9.59 Å². The fourth-order valence-corrected chi connectivity index (χ4v) is 1.92. The number of rotatable bonds is 6. The third-order valence-electron chi connectivity index (χ3n) is 3.18. The third-order valence-corrected chi connectivity index (χ3v) is 3.18. The van der Waals surface area contributed by atoms with Crippen molar-refractivity contribution in [2.75, 3.05) is 14.2 Å². The molecule has 0 saturated heterocycles. The van der Waals surface area contributed by atoms with Gasteiger partial charge in [0.25, 0.3) is 5.91 Å². The quantitative estimate of drug-likeness (QED) is 0.799. The van der Waals surface area contributed by atoms with Crippen molar-refractivity contribution in [3.8, 4) is 0 Å². The molecule has 0 aliphatic heterocycles. The van der Waals surface area contributed by atoms with Crippen LogP contribution in [0.15, 0.2) is 18.2 Å². The normalized spacial score (nSPS) is 12.9. The van der Waals surface area contributed by atoms with Gasteiger partial charge in [0.05, 0.1) is 25.7 Å². The van der Waals surface area contributed by atoms with E-state index in [4.69, 9.17) is 0 Å². The lowest BCUT2D eigenvalue weighted by molar-refractivity contribution is -0.147. The Morgan fingerprint density at radius 1 is 1.13 bits per heavy atom. The number of benzene rings is 1. The van der Waals surface area contributed by atoms with Gasteiger partial charge in [0.2, 0.25) is 0 Å². The summed E-state index contributed by atoms with van der Waals surface area (Å²) in [5, 5.41) is 2.23. The minimum atomic E-state index is -1.32. The number of amides is 1. The number of esters is 2. The first-order chi connectivity index (χ1) is 10.8. The molecule has 126 valence electrons. The Morgan fingerprint density at radius 3 is 2.30 bits per heavy atom. The van der Waals surface area contributed by atoms with Gasteiger partial charge in [0, 0.05) is 0 Å². The summed E-state index contributed by atoms with van der Waals surface area (Å²) in [5.74, 6) is -5.60. The molecule has 0 aliphatic carbocycles. The van der Waals surface area contributed by atoms with E-state index < -0.39 is 47.0 Å². The van der Waals surface area contributed by atoms with Crippen LogP contribution in [0.4, 0.5) is 8.78 Å². The molecule has 0 heterocycles. The van der Waals surface area contributed by atoms with Gasteiger partial charge < -0.3 is 14.8 Å². The number of hydrogen-bond acceptors (Lipinski definition) is 5. The second kappa shape index (κ2) is 8.21. The van der Waals surface area contributed by atoms with Crippen LogP contribution < -0.4 is 5.32 Å². The van der Waals surface area contributed by atoms with Crippen molar-refractivity contribution in [3.05, 3.63) is 35.4 Å². The van der Waals surface area contributed by atoms with Crippen LogP contribution >= 0.6 is 0 Å². The van der Waals surface area contributed by atoms with Gasteiger partial charge in [0.1, 0.15) is 6.04 Å². The van der Waals surface area contributed by atoms with Crippen LogP contribution in [-0.4, -0.2) is 38.1 Å². The SMILES string of the molecule is COC(=O)[C@H](C)C[C@@H](NC(=O)c1cccc(F)c1F)C(=O)OC. The van der Waals surface area contributed by atoms with Gasteiger partial charge in [-0.05, 0) is 18.6 Å². The minimum absolute atomic E-state index is 0.109. The zero-order valence-electron chi connectivity index (χ0n) is 12.9. The van der Waals surface area contributed by atoms with E-state index in [1.54, 1.807) is 0 Å². The van der Waals surface area contributed by atoms with Crippen molar-refractivity contribution in [1.82, 2.24) is 5.32 Å². The van der Waals surface area contributed by atoms with Gasteiger partial charge in [-0.2, -0.15) is 0 Å². The largest absolute Gasteiger partial charge is 0.469 e. The molecule has 0 aliphatic rings. The standard InChI is InChI=1S/C15H17F2NO5/c1-8(14(20)22-2)7-11(15(21)23-3)18-13(19)9-5-4-6-10(16)12(9)17/h4-6,8,11H,7H2,1-3H3,(H,18,19)/t8-,11-/m1/s1. The topological polar surface area (TPSA) is 81.7 Å². The minimum Gasteiger partial charge on any atom is -0.469 e. The first-order valence-corrected chi connectivity index (χ1v) is 6.72. The molecule has 1 aromatic carbocycles. The molecule has 0 unspecified atom stereocenters. The Bertz CT molecular complexity index is 606. The van der Waals surface area contributed by atoms with E-state index in [1.807, 2.05) is 0 Å². The summed E-state index contributed by atoms with van der Waals surface area (Å²) >= 11 is 0. The fraction of sp³-hybridized carbons (Fsp3) is 0.400. The number of halogens is 2. The van der Waals surface area contributed by atoms with Crippen LogP contribution in [0.5, 0.6) is 0 Å². The molecule has 8 heteroatoms. The average Bonchev–Trinajstić information content (AvgIpc) is 2.54. The van der Waals surface area contributed by atoms with Gasteiger partial charge in [-0.1, -0.05) is 13.0 Å². The molecule has 0 fully saturated rings. The summed E-state index contributed by atoms with van der Waals surface area (Å²) in [6.07, 6.45) is -0.109. The van der Waals surface area contributed by atoms with Crippen LogP contribution in [0, 0.1) is 17.6 Å². The Kier molecular flexibility index (Phi) is 6.62. The first kappa shape index (κ1) is 18.5. The van der Waals surface area contributed by atoms with Crippen molar-refractivity contribution in [3.63, 3.8) is 0 Å². The van der Waals surface area contributed by atoms with Crippen molar-refractivity contribution in [2.45, 2.75) is 19.4 Å². The molecular weight excluding hydrogens is 312 g/mol. The Balaban J connectivity index is 2.93. The summed E-state index contributed by atoms with van der Waals surface area (Å²) in [7, 11) is 2.29. The van der Waals surface area contributed by atoms with E-state index in [-0.39, 0.29) is 6.42 Å². The van der Waals surface area contributed by atoms with Gasteiger partial charge in [-0.25, -0.2) is 13.6 Å². The molecule has 0 spiro atoms. The summed E-state index contributed by atoms with van der Waals surface area (Å²) in [4.78, 5) is 35.2. The Labute approximate surface area is 131 Å². The molecule has 6 nitrogen and oxygen atoms in total. The number of hydrogen-bond donors (Lipinski definition) is 1. The van der Waals surface area contributed by atoms with Crippen LogP contribution in [0.1, 0.15) is 23.7 Å². The smallest absolute Gasteiger partial charge is 0.328 e. The van der Waals surface area contributed by atoms with E-state index >= 15 is 0 Å². The maximum absolute atomic E-state index is 13.6. The van der Waals surface area contributed by atoms with Crippen LogP contribution in [0.25, 0.3) is 0 Å². The highest BCUT2D eigenvalue weighted by atomic mass is 19.2. The van der Waals surface area contributed by atoms with Crippen LogP contribution in [0.3, 0.4) is 0 Å². The fourth-order valence-electron chi connectivity index (χ4n) is 1.92. The lowest BCUT2D eigenvalue weighted by Crippen LogP contribution is -2.43. The molecule has 23 heavy (non-hydrogen) atoms. The summed E-state index contributed by atoms with van der Waals surface area (Å²) in [6.45, 7) is 1.50. The monoisotopic (exact) mass is 329 g/mol. The Morgan fingerprint density at radius 2 is 1.74 bits per heavy atom. The average molecular weight is 329 g/mol. The van der Waals surface area contributed by atoms with Crippen LogP contribution in [-0.2, 0) is 19.1 Å². The van der Waals surface area contributed by atoms with E-state index in [1.165, 1.54) is 14.0 Å². The molecule has 1 rings (SSSR count). The summed E-state index contributed by atoms with van der Waals surface area (Å²) < 4.78 is 35.8. The van der Waals surface area contributed by atoms with Crippen molar-refractivity contribution >= 4 is 17.8 Å². The van der Waals surface area contributed by atoms with Gasteiger partial charge >= 0.3 is 11.9 Å². The number of ether oxygens (including phenoxy) is 2. The molecule has 0 saturated carbocycles. The van der Waals surface area contributed by atoms with E-state index in [0.717, 1.165) is 25.3 Å². The zero-order valence-corrected chi connectivity index (χ0v) is 12.9. The highest BCUT2D eigenvalue weighted by Crippen LogP contribution is 2.14. The van der Waals surface area contributed by atoms with Crippen LogP contribution in [0.2, 0.25) is 0 Å². The molecule has 1 amide bonds. The maximum atomic E-state index is 13.6. The molecule has 2 atom stereocenters. The lowest BCUT2D eigenvalue weighted by atomic mass is 10.0. The predicted octanol–water partition coefficient (Wildman–Crippen LogP) is 1.44. The second-order valence-electron chi connectivity index (χ2n) is 4.81. The molecular formula is C15H17F2NO5. The van der Waals surface area contributed by atoms with Gasteiger partial charge in [-0.15, -0.1) is 0 Å². The second-order valence-corrected chi connectivity index (χ2v) is 4.81. The third kappa shape index (κ3) is 4.73. The highest BCUT2D eigenvalue weighted by Gasteiger charge is 2.28. The molecule has 0 bridgehead atoms. The Hall–Kier alpha value is -2.51. The zero-order chi connectivity index (χ0) is 17.6. The first-order valence-electron chi connectivity index (χ1n) is 6.72. The molecule has 0 radical (unpaired) electrons. The summed E-state index contributed by atoms with van der Waals surface area (Å²) in [6, 6.07) is 1.90. The van der Waals surface area contributed by atoms with E-state index in [9.17, 15) is 23.2 Å². The highest BCUT2D eigenvalue weighted by molar-refractivity contribution is 5.97. The lowest BCUT2D eigenvalue weighted by Gasteiger charge is -2.19. The van der Waals surface area contributed by atoms with Crippen molar-refractivity contribution < 1.29 is 32.6 Å². The van der Waals surface area contributed by atoms with Gasteiger partial charge in [0.15, 0.2) is 11.6 Å². The molecule has 1 N–H and O–H groups in total. The van der Waals surface area contributed by atoms with E-state index in [0.29, 0.717) is 0 Å². The molecule has 1 aromatic rings. The molecule has 0 aromatic heterocycles. The maximum Gasteiger partial charge on any atom is 0.328 e. The van der Waals surface area contributed by atoms with Crippen molar-refractivity contribution in [1.29, 1.82) is 0 Å².